The summed E-state index contributed by atoms with van der Waals surface area (Å²) in [5.41, 5.74) is 8.21. The first kappa shape index (κ1) is 20.5. The molecular weight excluding hydrogens is 340 g/mol. The molecule has 4 N–H and O–H groups in total. The summed E-state index contributed by atoms with van der Waals surface area (Å²) in [5.74, 6) is 8.48. The van der Waals surface area contributed by atoms with Crippen LogP contribution in [0.15, 0.2) is 24.3 Å². The van der Waals surface area contributed by atoms with Gasteiger partial charge in [0.05, 0.1) is 33.3 Å². The molecule has 1 heterocycles. The van der Waals surface area contributed by atoms with E-state index in [0.29, 0.717) is 19.0 Å². The topological polar surface area (TPSA) is 85.1 Å². The molecule has 0 saturated heterocycles. The number of ether oxygens (including phenoxy) is 1. The largest absolute Gasteiger partial charge is 0.495 e. The van der Waals surface area contributed by atoms with Gasteiger partial charge in [0.15, 0.2) is 0 Å². The molecule has 0 bridgehead atoms. The quantitative estimate of drug-likeness (QED) is 0.511. The van der Waals surface area contributed by atoms with Crippen molar-refractivity contribution in [3.63, 3.8) is 0 Å². The summed E-state index contributed by atoms with van der Waals surface area (Å²) in [5, 5.41) is 6.26. The monoisotopic (exact) mass is 369 g/mol. The molecule has 0 amide bonds. The van der Waals surface area contributed by atoms with Crippen LogP contribution in [0.3, 0.4) is 0 Å². The molecule has 0 spiro atoms. The van der Waals surface area contributed by atoms with Crippen LogP contribution in [-0.4, -0.2) is 62.3 Å². The molecular formula is C20H29N6O+. The molecule has 0 aliphatic rings. The molecule has 0 atom stereocenters. The zero-order valence-electron chi connectivity index (χ0n) is 16.8. The van der Waals surface area contributed by atoms with Gasteiger partial charge in [-0.3, -0.25) is 0 Å². The van der Waals surface area contributed by atoms with Crippen molar-refractivity contribution in [3.8, 4) is 17.6 Å². The maximum absolute atomic E-state index is 5.66. The Labute approximate surface area is 161 Å². The summed E-state index contributed by atoms with van der Waals surface area (Å²) in [7, 11) is 7.71. The van der Waals surface area contributed by atoms with E-state index in [1.165, 1.54) is 0 Å². The van der Waals surface area contributed by atoms with Crippen LogP contribution in [0, 0.1) is 18.8 Å². The van der Waals surface area contributed by atoms with Gasteiger partial charge < -0.3 is 25.6 Å². The second-order valence-electron chi connectivity index (χ2n) is 6.92. The zero-order valence-corrected chi connectivity index (χ0v) is 16.8. The number of methoxy groups -OCH3 is 1. The molecule has 27 heavy (non-hydrogen) atoms. The van der Waals surface area contributed by atoms with Gasteiger partial charge in [-0.15, -0.1) is 0 Å². The van der Waals surface area contributed by atoms with Crippen molar-refractivity contribution < 1.29 is 9.22 Å². The first-order chi connectivity index (χ1) is 12.9. The summed E-state index contributed by atoms with van der Waals surface area (Å²) < 4.78 is 6.20. The van der Waals surface area contributed by atoms with E-state index in [1.54, 1.807) is 7.11 Å². The Morgan fingerprint density at radius 1 is 1.22 bits per heavy atom. The van der Waals surface area contributed by atoms with E-state index < -0.39 is 0 Å². The third kappa shape index (κ3) is 6.13. The van der Waals surface area contributed by atoms with Crippen LogP contribution in [0.25, 0.3) is 0 Å². The highest BCUT2D eigenvalue weighted by Gasteiger charge is 2.11. The Balaban J connectivity index is 2.24. The fourth-order valence-electron chi connectivity index (χ4n) is 2.54. The van der Waals surface area contributed by atoms with Crippen LogP contribution in [0.1, 0.15) is 11.3 Å². The summed E-state index contributed by atoms with van der Waals surface area (Å²) in [6.07, 6.45) is 0. The number of aromatic nitrogens is 2. The number of anilines is 3. The van der Waals surface area contributed by atoms with Gasteiger partial charge in [-0.1, -0.05) is 5.92 Å². The number of nitrogens with zero attached hydrogens (tertiary/aromatic N) is 3. The molecule has 0 fully saturated rings. The van der Waals surface area contributed by atoms with Crippen LogP contribution in [-0.2, 0) is 0 Å². The number of benzene rings is 1. The highest BCUT2D eigenvalue weighted by Crippen LogP contribution is 2.24. The van der Waals surface area contributed by atoms with Crippen LogP contribution in [0.2, 0.25) is 0 Å². The average molecular weight is 369 g/mol. The number of rotatable bonds is 7. The maximum atomic E-state index is 5.66. The highest BCUT2D eigenvalue weighted by atomic mass is 16.5. The van der Waals surface area contributed by atoms with E-state index in [9.17, 15) is 0 Å². The minimum atomic E-state index is 0.532. The molecule has 0 aliphatic carbocycles. The lowest BCUT2D eigenvalue weighted by atomic mass is 10.1. The number of quaternary nitrogens is 1. The summed E-state index contributed by atoms with van der Waals surface area (Å²) >= 11 is 0. The number of hydrogen-bond acceptors (Lipinski definition) is 6. The Bertz CT molecular complexity index is 838. The maximum Gasteiger partial charge on any atom is 0.229 e. The molecule has 0 saturated carbocycles. The lowest BCUT2D eigenvalue weighted by Crippen LogP contribution is -2.43. The minimum absolute atomic E-state index is 0.532. The predicted molar refractivity (Wildman–Crippen MR) is 110 cm³/mol. The van der Waals surface area contributed by atoms with Crippen molar-refractivity contribution in [1.82, 2.24) is 9.97 Å². The van der Waals surface area contributed by atoms with Crippen LogP contribution < -0.4 is 21.1 Å². The van der Waals surface area contributed by atoms with Crippen molar-refractivity contribution >= 4 is 17.5 Å². The molecule has 1 aromatic heterocycles. The van der Waals surface area contributed by atoms with Gasteiger partial charge in [-0.25, -0.2) is 4.98 Å². The molecule has 0 unspecified atom stereocenters. The third-order valence-corrected chi connectivity index (χ3v) is 4.03. The smallest absolute Gasteiger partial charge is 0.229 e. The van der Waals surface area contributed by atoms with E-state index >= 15 is 0 Å². The van der Waals surface area contributed by atoms with Gasteiger partial charge in [0.1, 0.15) is 18.1 Å². The van der Waals surface area contributed by atoms with Crippen molar-refractivity contribution in [2.24, 2.45) is 5.73 Å². The number of likely N-dealkylation sites (N-methyl/N-ethyl adjacent to an activating group) is 1. The SMILES string of the molecule is CNc1cc(C)nc(Nc2ccc(OC)c(C#CC[N+](C)(C)CCN)c2)n1. The van der Waals surface area contributed by atoms with Crippen LogP contribution >= 0.6 is 0 Å². The third-order valence-electron chi connectivity index (χ3n) is 4.03. The summed E-state index contributed by atoms with van der Waals surface area (Å²) in [4.78, 5) is 8.84. The van der Waals surface area contributed by atoms with Gasteiger partial charge in [0, 0.05) is 31.0 Å². The molecule has 7 nitrogen and oxygen atoms in total. The second-order valence-corrected chi connectivity index (χ2v) is 6.92. The van der Waals surface area contributed by atoms with Crippen molar-refractivity contribution in [3.05, 3.63) is 35.5 Å². The van der Waals surface area contributed by atoms with Gasteiger partial charge in [-0.05, 0) is 31.0 Å². The van der Waals surface area contributed by atoms with E-state index in [0.717, 1.165) is 39.5 Å². The number of nitrogens with one attached hydrogen (secondary N) is 2. The fraction of sp³-hybridized carbons (Fsp3) is 0.400. The highest BCUT2D eigenvalue weighted by molar-refractivity contribution is 5.61. The van der Waals surface area contributed by atoms with E-state index in [1.807, 2.05) is 38.2 Å². The Hall–Kier alpha value is -2.82. The molecule has 1 aromatic carbocycles. The van der Waals surface area contributed by atoms with Gasteiger partial charge >= 0.3 is 0 Å². The number of hydrogen-bond donors (Lipinski definition) is 3. The molecule has 144 valence electrons. The normalized spacial score (nSPS) is 10.7. The minimum Gasteiger partial charge on any atom is -0.495 e. The average Bonchev–Trinajstić information content (AvgIpc) is 2.61. The molecule has 2 aromatic rings. The Morgan fingerprint density at radius 2 is 2.00 bits per heavy atom. The van der Waals surface area contributed by atoms with Gasteiger partial charge in [0.25, 0.3) is 0 Å². The van der Waals surface area contributed by atoms with Gasteiger partial charge in [0.2, 0.25) is 5.95 Å². The van der Waals surface area contributed by atoms with E-state index in [2.05, 4.69) is 46.5 Å². The van der Waals surface area contributed by atoms with Crippen molar-refractivity contribution in [1.29, 1.82) is 0 Å². The van der Waals surface area contributed by atoms with Crippen molar-refractivity contribution in [2.45, 2.75) is 6.92 Å². The first-order valence-electron chi connectivity index (χ1n) is 8.86. The lowest BCUT2D eigenvalue weighted by Gasteiger charge is -2.26. The van der Waals surface area contributed by atoms with Crippen LogP contribution in [0.5, 0.6) is 5.75 Å². The summed E-state index contributed by atoms with van der Waals surface area (Å²) in [6, 6.07) is 7.64. The Kier molecular flexibility index (Phi) is 6.99. The fourth-order valence-corrected chi connectivity index (χ4v) is 2.54. The predicted octanol–water partition coefficient (Wildman–Crippen LogP) is 1.97. The van der Waals surface area contributed by atoms with E-state index in [-0.39, 0.29) is 0 Å². The standard InChI is InChI=1S/C20H29N6O/c1-15-13-19(22-2)25-20(23-15)24-17-8-9-18(27-5)16(14-17)7-6-11-26(3,4)12-10-21/h8-9,13-14H,10-12,21H2,1-5H3,(H2,22,23,24,25)/q+1. The van der Waals surface area contributed by atoms with Crippen molar-refractivity contribution in [2.75, 3.05) is 58.5 Å². The zero-order chi connectivity index (χ0) is 19.9. The van der Waals surface area contributed by atoms with E-state index in [4.69, 9.17) is 10.5 Å². The molecule has 7 heteroatoms. The molecule has 0 radical (unpaired) electrons. The number of nitrogens with two attached hydrogens (primary N) is 1. The summed E-state index contributed by atoms with van der Waals surface area (Å²) in [6.45, 7) is 4.17. The lowest BCUT2D eigenvalue weighted by molar-refractivity contribution is -0.881. The van der Waals surface area contributed by atoms with Crippen LogP contribution in [0.4, 0.5) is 17.5 Å². The first-order valence-corrected chi connectivity index (χ1v) is 8.86. The second kappa shape index (κ2) is 9.21. The van der Waals surface area contributed by atoms with Gasteiger partial charge in [-0.2, -0.15) is 4.98 Å². The molecule has 2 rings (SSSR count). The molecule has 0 aliphatic heterocycles. The Morgan fingerprint density at radius 3 is 2.67 bits per heavy atom. The number of aryl methyl sites for hydroxylation is 1.